The van der Waals surface area contributed by atoms with Gasteiger partial charge in [-0.3, -0.25) is 4.79 Å². The molecule has 2 aromatic rings. The Morgan fingerprint density at radius 2 is 2.21 bits per heavy atom. The number of carbonyl (C=O) groups is 1. The van der Waals surface area contributed by atoms with E-state index in [0.717, 1.165) is 29.3 Å². The SMILES string of the molecule is Nc1nccc2cc(CN3CC[C@H](N)C3=O)ccc12. The molecule has 4 N–H and O–H groups in total. The van der Waals surface area contributed by atoms with Crippen molar-refractivity contribution in [2.45, 2.75) is 19.0 Å². The fourth-order valence-corrected chi connectivity index (χ4v) is 2.49. The molecule has 3 rings (SSSR count). The smallest absolute Gasteiger partial charge is 0.239 e. The molecule has 0 bridgehead atoms. The summed E-state index contributed by atoms with van der Waals surface area (Å²) in [6, 6.07) is 7.57. The number of nitrogens with two attached hydrogens (primary N) is 2. The monoisotopic (exact) mass is 256 g/mol. The molecule has 0 aliphatic carbocycles. The van der Waals surface area contributed by atoms with Gasteiger partial charge in [0.2, 0.25) is 5.91 Å². The average Bonchev–Trinajstić information content (AvgIpc) is 2.71. The normalized spacial score (nSPS) is 19.3. The van der Waals surface area contributed by atoms with Gasteiger partial charge >= 0.3 is 0 Å². The van der Waals surface area contributed by atoms with Gasteiger partial charge in [0.1, 0.15) is 5.82 Å². The number of anilines is 1. The Balaban J connectivity index is 1.88. The van der Waals surface area contributed by atoms with Crippen LogP contribution in [-0.4, -0.2) is 28.4 Å². The maximum absolute atomic E-state index is 11.8. The van der Waals surface area contributed by atoms with Gasteiger partial charge in [0.25, 0.3) is 0 Å². The minimum atomic E-state index is -0.333. The number of hydrogen-bond donors (Lipinski definition) is 2. The van der Waals surface area contributed by atoms with Gasteiger partial charge in [0.05, 0.1) is 6.04 Å². The van der Waals surface area contributed by atoms with Crippen molar-refractivity contribution in [3.8, 4) is 0 Å². The molecule has 0 saturated carbocycles. The van der Waals surface area contributed by atoms with E-state index in [1.54, 1.807) is 11.1 Å². The molecule has 1 aromatic heterocycles. The highest BCUT2D eigenvalue weighted by molar-refractivity contribution is 5.91. The first-order valence-electron chi connectivity index (χ1n) is 6.32. The molecule has 0 radical (unpaired) electrons. The fourth-order valence-electron chi connectivity index (χ4n) is 2.49. The summed E-state index contributed by atoms with van der Waals surface area (Å²) in [4.78, 5) is 17.7. The van der Waals surface area contributed by atoms with Crippen LogP contribution in [0.3, 0.4) is 0 Å². The zero-order chi connectivity index (χ0) is 13.4. The van der Waals surface area contributed by atoms with Crippen molar-refractivity contribution in [2.24, 2.45) is 5.73 Å². The molecular weight excluding hydrogens is 240 g/mol. The van der Waals surface area contributed by atoms with E-state index < -0.39 is 0 Å². The van der Waals surface area contributed by atoms with Crippen LogP contribution in [0.1, 0.15) is 12.0 Å². The molecule has 1 aromatic carbocycles. The highest BCUT2D eigenvalue weighted by Gasteiger charge is 2.28. The third-order valence-electron chi connectivity index (χ3n) is 3.57. The average molecular weight is 256 g/mol. The molecule has 1 saturated heterocycles. The minimum Gasteiger partial charge on any atom is -0.383 e. The van der Waals surface area contributed by atoms with E-state index in [4.69, 9.17) is 11.5 Å². The standard InChI is InChI=1S/C14H16N4O/c15-12-4-6-18(14(12)19)8-9-1-2-11-10(7-9)3-5-17-13(11)16/h1-3,5,7,12H,4,6,8,15H2,(H2,16,17)/t12-/m0/s1. The third kappa shape index (κ3) is 2.13. The Labute approximate surface area is 111 Å². The Morgan fingerprint density at radius 1 is 1.37 bits per heavy atom. The molecule has 1 aliphatic rings. The van der Waals surface area contributed by atoms with E-state index in [0.29, 0.717) is 12.4 Å². The summed E-state index contributed by atoms with van der Waals surface area (Å²) in [6.45, 7) is 1.33. The summed E-state index contributed by atoms with van der Waals surface area (Å²) in [6.07, 6.45) is 2.43. The lowest BCUT2D eigenvalue weighted by Crippen LogP contribution is -2.33. The maximum Gasteiger partial charge on any atom is 0.239 e. The number of nitrogens with zero attached hydrogens (tertiary/aromatic N) is 2. The van der Waals surface area contributed by atoms with Crippen LogP contribution in [0.15, 0.2) is 30.5 Å². The lowest BCUT2D eigenvalue weighted by molar-refractivity contribution is -0.129. The Morgan fingerprint density at radius 3 is 2.95 bits per heavy atom. The zero-order valence-corrected chi connectivity index (χ0v) is 10.5. The summed E-state index contributed by atoms with van der Waals surface area (Å²) in [5, 5.41) is 1.98. The van der Waals surface area contributed by atoms with Gasteiger partial charge in [-0.15, -0.1) is 0 Å². The first-order valence-corrected chi connectivity index (χ1v) is 6.32. The van der Waals surface area contributed by atoms with Crippen LogP contribution in [0.4, 0.5) is 5.82 Å². The molecule has 1 amide bonds. The van der Waals surface area contributed by atoms with E-state index in [1.807, 2.05) is 24.3 Å². The van der Waals surface area contributed by atoms with Gasteiger partial charge in [-0.2, -0.15) is 0 Å². The number of carbonyl (C=O) groups excluding carboxylic acids is 1. The second kappa shape index (κ2) is 4.51. The van der Waals surface area contributed by atoms with Crippen LogP contribution < -0.4 is 11.5 Å². The third-order valence-corrected chi connectivity index (χ3v) is 3.57. The van der Waals surface area contributed by atoms with Crippen LogP contribution in [-0.2, 0) is 11.3 Å². The molecule has 1 aliphatic heterocycles. The number of benzene rings is 1. The van der Waals surface area contributed by atoms with Crippen LogP contribution in [0.2, 0.25) is 0 Å². The number of likely N-dealkylation sites (tertiary alicyclic amines) is 1. The van der Waals surface area contributed by atoms with E-state index in [-0.39, 0.29) is 11.9 Å². The lowest BCUT2D eigenvalue weighted by Gasteiger charge is -2.16. The predicted octanol–water partition coefficient (Wildman–Crippen LogP) is 0.877. The quantitative estimate of drug-likeness (QED) is 0.835. The number of fused-ring (bicyclic) bond motifs is 1. The van der Waals surface area contributed by atoms with Gasteiger partial charge in [-0.25, -0.2) is 4.98 Å². The van der Waals surface area contributed by atoms with Crippen molar-refractivity contribution in [1.82, 2.24) is 9.88 Å². The molecule has 5 nitrogen and oxygen atoms in total. The Hall–Kier alpha value is -2.14. The molecule has 1 fully saturated rings. The van der Waals surface area contributed by atoms with Crippen molar-refractivity contribution in [3.05, 3.63) is 36.0 Å². The fraction of sp³-hybridized carbons (Fsp3) is 0.286. The molecule has 2 heterocycles. The van der Waals surface area contributed by atoms with E-state index in [2.05, 4.69) is 4.98 Å². The lowest BCUT2D eigenvalue weighted by atomic mass is 10.1. The topological polar surface area (TPSA) is 85.2 Å². The number of amides is 1. The molecule has 5 heteroatoms. The number of aromatic nitrogens is 1. The molecule has 0 unspecified atom stereocenters. The second-order valence-corrected chi connectivity index (χ2v) is 4.91. The summed E-state index contributed by atoms with van der Waals surface area (Å²) in [5.74, 6) is 0.567. The summed E-state index contributed by atoms with van der Waals surface area (Å²) in [7, 11) is 0. The summed E-state index contributed by atoms with van der Waals surface area (Å²) < 4.78 is 0. The van der Waals surface area contributed by atoms with Crippen LogP contribution in [0.25, 0.3) is 10.8 Å². The van der Waals surface area contributed by atoms with Crippen molar-refractivity contribution in [1.29, 1.82) is 0 Å². The van der Waals surface area contributed by atoms with Crippen molar-refractivity contribution in [2.75, 3.05) is 12.3 Å². The number of nitrogen functional groups attached to an aromatic ring is 1. The van der Waals surface area contributed by atoms with E-state index >= 15 is 0 Å². The maximum atomic E-state index is 11.8. The molecular formula is C14H16N4O. The van der Waals surface area contributed by atoms with Gasteiger partial charge in [0, 0.05) is 24.7 Å². The van der Waals surface area contributed by atoms with Crippen molar-refractivity contribution >= 4 is 22.5 Å². The number of rotatable bonds is 2. The van der Waals surface area contributed by atoms with Crippen LogP contribution in [0.5, 0.6) is 0 Å². The summed E-state index contributed by atoms with van der Waals surface area (Å²) in [5.41, 5.74) is 12.6. The highest BCUT2D eigenvalue weighted by atomic mass is 16.2. The van der Waals surface area contributed by atoms with E-state index in [9.17, 15) is 4.79 Å². The summed E-state index contributed by atoms with van der Waals surface area (Å²) >= 11 is 0. The van der Waals surface area contributed by atoms with Crippen molar-refractivity contribution in [3.63, 3.8) is 0 Å². The largest absolute Gasteiger partial charge is 0.383 e. The molecule has 19 heavy (non-hydrogen) atoms. The molecule has 98 valence electrons. The predicted molar refractivity (Wildman–Crippen MR) is 74.2 cm³/mol. The van der Waals surface area contributed by atoms with E-state index in [1.165, 1.54) is 0 Å². The first-order chi connectivity index (χ1) is 9.15. The molecule has 0 spiro atoms. The van der Waals surface area contributed by atoms with Crippen LogP contribution >= 0.6 is 0 Å². The van der Waals surface area contributed by atoms with Gasteiger partial charge < -0.3 is 16.4 Å². The van der Waals surface area contributed by atoms with Crippen LogP contribution in [0, 0.1) is 0 Å². The zero-order valence-electron chi connectivity index (χ0n) is 10.5. The molecule has 1 atom stereocenters. The Bertz CT molecular complexity index is 640. The Kier molecular flexibility index (Phi) is 2.83. The van der Waals surface area contributed by atoms with Gasteiger partial charge in [0.15, 0.2) is 0 Å². The number of pyridine rings is 1. The van der Waals surface area contributed by atoms with Gasteiger partial charge in [-0.05, 0) is 29.5 Å². The minimum absolute atomic E-state index is 0.0364. The number of hydrogen-bond acceptors (Lipinski definition) is 4. The van der Waals surface area contributed by atoms with Crippen molar-refractivity contribution < 1.29 is 4.79 Å². The first kappa shape index (κ1) is 11.9. The second-order valence-electron chi connectivity index (χ2n) is 4.91. The highest BCUT2D eigenvalue weighted by Crippen LogP contribution is 2.21. The van der Waals surface area contributed by atoms with Gasteiger partial charge in [-0.1, -0.05) is 12.1 Å².